The zero-order chi connectivity index (χ0) is 18.6. The fourth-order valence-corrected chi connectivity index (χ4v) is 4.04. The number of anilines is 1. The quantitative estimate of drug-likeness (QED) is 0.751. The van der Waals surface area contributed by atoms with Crippen molar-refractivity contribution in [3.05, 3.63) is 53.2 Å². The van der Waals surface area contributed by atoms with E-state index in [0.29, 0.717) is 5.56 Å². The minimum atomic E-state index is 0.255. The summed E-state index contributed by atoms with van der Waals surface area (Å²) >= 11 is 1.65. The number of rotatable bonds is 4. The maximum Gasteiger partial charge on any atom is 0.142 e. The van der Waals surface area contributed by atoms with Crippen LogP contribution in [0.5, 0.6) is 0 Å². The normalized spacial score (nSPS) is 14.8. The van der Waals surface area contributed by atoms with Crippen LogP contribution >= 0.6 is 11.3 Å². The average Bonchev–Trinajstić information content (AvgIpc) is 3.17. The molecule has 136 valence electrons. The highest BCUT2D eigenvalue weighted by Crippen LogP contribution is 2.33. The Morgan fingerprint density at radius 3 is 2.74 bits per heavy atom. The highest BCUT2D eigenvalue weighted by molar-refractivity contribution is 7.13. The van der Waals surface area contributed by atoms with Crippen molar-refractivity contribution in [3.8, 4) is 27.8 Å². The van der Waals surface area contributed by atoms with Crippen molar-refractivity contribution in [2.75, 3.05) is 32.0 Å². The van der Waals surface area contributed by atoms with E-state index in [2.05, 4.69) is 32.4 Å². The Labute approximate surface area is 161 Å². The van der Waals surface area contributed by atoms with Crippen LogP contribution in [0.25, 0.3) is 21.7 Å². The molecular formula is C20H19N5OS. The van der Waals surface area contributed by atoms with Crippen LogP contribution in [0.1, 0.15) is 11.1 Å². The van der Waals surface area contributed by atoms with Crippen LogP contribution in [-0.4, -0.2) is 41.2 Å². The summed E-state index contributed by atoms with van der Waals surface area (Å²) < 4.78 is 5.41. The van der Waals surface area contributed by atoms with Crippen molar-refractivity contribution >= 4 is 17.2 Å². The lowest BCUT2D eigenvalue weighted by Gasteiger charge is -2.26. The van der Waals surface area contributed by atoms with Gasteiger partial charge in [0.05, 0.1) is 23.8 Å². The predicted molar refractivity (Wildman–Crippen MR) is 106 cm³/mol. The van der Waals surface area contributed by atoms with Crippen LogP contribution in [0.4, 0.5) is 5.82 Å². The first kappa shape index (κ1) is 17.6. The number of pyridine rings is 2. The zero-order valence-electron chi connectivity index (χ0n) is 14.8. The smallest absolute Gasteiger partial charge is 0.142 e. The molecule has 7 heteroatoms. The molecule has 0 bridgehead atoms. The maximum absolute atomic E-state index is 9.51. The van der Waals surface area contributed by atoms with Gasteiger partial charge in [-0.15, -0.1) is 11.3 Å². The largest absolute Gasteiger partial charge is 0.383 e. The van der Waals surface area contributed by atoms with Gasteiger partial charge in [-0.25, -0.2) is 4.98 Å². The van der Waals surface area contributed by atoms with Crippen LogP contribution in [0.15, 0.2) is 42.0 Å². The van der Waals surface area contributed by atoms with Gasteiger partial charge in [-0.2, -0.15) is 5.26 Å². The van der Waals surface area contributed by atoms with Gasteiger partial charge in [-0.3, -0.25) is 9.88 Å². The molecule has 2 N–H and O–H groups in total. The lowest BCUT2D eigenvalue weighted by molar-refractivity contribution is 0.0342. The molecule has 1 aliphatic rings. The van der Waals surface area contributed by atoms with E-state index in [-0.39, 0.29) is 5.82 Å². The number of nitrogens with zero attached hydrogens (tertiary/aromatic N) is 4. The standard InChI is InChI=1S/C20H19N5OS/c21-11-17-16(15-1-3-23-4-2-15)10-18(24-20(17)22)19-9-14(13-27-19)12-25-5-7-26-8-6-25/h1-4,9-10,13H,5-8,12H2,(H2,22,24). The third-order valence-corrected chi connectivity index (χ3v) is 5.57. The molecule has 4 heterocycles. The van der Waals surface area contributed by atoms with Gasteiger partial charge in [0.2, 0.25) is 0 Å². The first-order chi connectivity index (χ1) is 13.2. The molecule has 0 aromatic carbocycles. The molecule has 4 rings (SSSR count). The van der Waals surface area contributed by atoms with Crippen LogP contribution in [-0.2, 0) is 11.3 Å². The van der Waals surface area contributed by atoms with Crippen molar-refractivity contribution in [1.29, 1.82) is 5.26 Å². The number of hydrogen-bond acceptors (Lipinski definition) is 7. The zero-order valence-corrected chi connectivity index (χ0v) is 15.6. The van der Waals surface area contributed by atoms with E-state index < -0.39 is 0 Å². The highest BCUT2D eigenvalue weighted by atomic mass is 32.1. The van der Waals surface area contributed by atoms with Crippen molar-refractivity contribution in [2.45, 2.75) is 6.54 Å². The number of morpholine rings is 1. The number of hydrogen-bond donors (Lipinski definition) is 1. The van der Waals surface area contributed by atoms with Crippen LogP contribution in [0, 0.1) is 11.3 Å². The molecule has 0 amide bonds. The van der Waals surface area contributed by atoms with E-state index in [0.717, 1.165) is 54.5 Å². The van der Waals surface area contributed by atoms with Crippen LogP contribution < -0.4 is 5.73 Å². The summed E-state index contributed by atoms with van der Waals surface area (Å²) in [7, 11) is 0. The second-order valence-corrected chi connectivity index (χ2v) is 7.28. The molecule has 3 aromatic rings. The van der Waals surface area contributed by atoms with Crippen molar-refractivity contribution in [2.24, 2.45) is 0 Å². The van der Waals surface area contributed by atoms with Gasteiger partial charge >= 0.3 is 0 Å². The molecule has 0 atom stereocenters. The van der Waals surface area contributed by atoms with Crippen LogP contribution in [0.2, 0.25) is 0 Å². The fraction of sp³-hybridized carbons (Fsp3) is 0.250. The van der Waals surface area contributed by atoms with Crippen molar-refractivity contribution < 1.29 is 4.74 Å². The van der Waals surface area contributed by atoms with E-state index in [1.54, 1.807) is 23.7 Å². The predicted octanol–water partition coefficient (Wildman–Crippen LogP) is 3.16. The molecule has 0 saturated carbocycles. The van der Waals surface area contributed by atoms with E-state index in [1.165, 1.54) is 5.56 Å². The van der Waals surface area contributed by atoms with E-state index in [4.69, 9.17) is 10.5 Å². The summed E-state index contributed by atoms with van der Waals surface area (Å²) in [4.78, 5) is 12.0. The Morgan fingerprint density at radius 2 is 2.00 bits per heavy atom. The Bertz CT molecular complexity index is 974. The molecule has 1 aliphatic heterocycles. The molecule has 3 aromatic heterocycles. The van der Waals surface area contributed by atoms with Gasteiger partial charge < -0.3 is 10.5 Å². The summed E-state index contributed by atoms with van der Waals surface area (Å²) in [5, 5.41) is 11.7. The van der Waals surface area contributed by atoms with Gasteiger partial charge in [0.15, 0.2) is 0 Å². The third kappa shape index (κ3) is 3.83. The number of thiophene rings is 1. The SMILES string of the molecule is N#Cc1c(-c2ccncc2)cc(-c2cc(CN3CCOCC3)cs2)nc1N. The van der Waals surface area contributed by atoms with Crippen molar-refractivity contribution in [1.82, 2.24) is 14.9 Å². The molecule has 0 spiro atoms. The summed E-state index contributed by atoms with van der Waals surface area (Å²) in [6.45, 7) is 4.40. The Hall–Kier alpha value is -2.79. The van der Waals surface area contributed by atoms with E-state index >= 15 is 0 Å². The summed E-state index contributed by atoms with van der Waals surface area (Å²) in [5.41, 5.74) is 10.2. The molecular weight excluding hydrogens is 358 g/mol. The van der Waals surface area contributed by atoms with Gasteiger partial charge in [-0.05, 0) is 40.8 Å². The number of nitriles is 1. The van der Waals surface area contributed by atoms with Gasteiger partial charge in [0.1, 0.15) is 17.5 Å². The second-order valence-electron chi connectivity index (χ2n) is 6.37. The molecule has 1 saturated heterocycles. The number of aromatic nitrogens is 2. The van der Waals surface area contributed by atoms with Gasteiger partial charge in [-0.1, -0.05) is 0 Å². The maximum atomic E-state index is 9.51. The summed E-state index contributed by atoms with van der Waals surface area (Å²) in [6, 6.07) is 10.0. The minimum absolute atomic E-state index is 0.255. The minimum Gasteiger partial charge on any atom is -0.383 e. The molecule has 27 heavy (non-hydrogen) atoms. The van der Waals surface area contributed by atoms with E-state index in [1.807, 2.05) is 18.2 Å². The average molecular weight is 377 g/mol. The molecule has 0 radical (unpaired) electrons. The topological polar surface area (TPSA) is 88.1 Å². The molecule has 1 fully saturated rings. The van der Waals surface area contributed by atoms with Crippen molar-refractivity contribution in [3.63, 3.8) is 0 Å². The lowest BCUT2D eigenvalue weighted by Crippen LogP contribution is -2.35. The monoisotopic (exact) mass is 377 g/mol. The van der Waals surface area contributed by atoms with E-state index in [9.17, 15) is 5.26 Å². The Kier molecular flexibility index (Phi) is 5.12. The first-order valence-electron chi connectivity index (χ1n) is 8.73. The number of ether oxygens (including phenoxy) is 1. The molecule has 6 nitrogen and oxygen atoms in total. The lowest BCUT2D eigenvalue weighted by atomic mass is 10.0. The number of nitrogen functional groups attached to an aromatic ring is 1. The highest BCUT2D eigenvalue weighted by Gasteiger charge is 2.16. The second kappa shape index (κ2) is 7.84. The summed E-state index contributed by atoms with van der Waals surface area (Å²) in [6.07, 6.45) is 3.41. The molecule has 0 unspecified atom stereocenters. The third-order valence-electron chi connectivity index (χ3n) is 4.57. The first-order valence-corrected chi connectivity index (χ1v) is 9.61. The molecule has 0 aliphatic carbocycles. The van der Waals surface area contributed by atoms with Gasteiger partial charge in [0, 0.05) is 37.6 Å². The Balaban J connectivity index is 1.66. The van der Waals surface area contributed by atoms with Gasteiger partial charge in [0.25, 0.3) is 0 Å². The summed E-state index contributed by atoms with van der Waals surface area (Å²) in [5.74, 6) is 0.255. The number of nitrogens with two attached hydrogens (primary N) is 1. The Morgan fingerprint density at radius 1 is 1.22 bits per heavy atom. The van der Waals surface area contributed by atoms with Crippen LogP contribution in [0.3, 0.4) is 0 Å². The fourth-order valence-electron chi connectivity index (χ4n) is 3.18.